The van der Waals surface area contributed by atoms with Crippen LogP contribution in [-0.4, -0.2) is 58.5 Å². The van der Waals surface area contributed by atoms with Crippen LogP contribution in [0, 0.1) is 11.8 Å². The Balaban J connectivity index is 1.60. The average Bonchev–Trinajstić information content (AvgIpc) is 2.69. The molecule has 0 radical (unpaired) electrons. The molecule has 0 aromatic heterocycles. The lowest BCUT2D eigenvalue weighted by molar-refractivity contribution is -0.137. The third-order valence-electron chi connectivity index (χ3n) is 6.84. The Hall–Kier alpha value is -1.88. The molecule has 3 aliphatic heterocycles. The molecule has 5 nitrogen and oxygen atoms in total. The molecule has 1 unspecified atom stereocenters. The molecule has 4 rings (SSSR count). The van der Waals surface area contributed by atoms with E-state index in [-0.39, 0.29) is 18.4 Å². The van der Waals surface area contributed by atoms with Gasteiger partial charge in [0.05, 0.1) is 0 Å². The number of hydrogen-bond acceptors (Lipinski definition) is 3. The first-order valence-electron chi connectivity index (χ1n) is 10.5. The Bertz CT molecular complexity index is 675. The summed E-state index contributed by atoms with van der Waals surface area (Å²) in [6, 6.07) is 10.3. The maximum atomic E-state index is 13.3. The minimum absolute atomic E-state index is 0.122. The maximum absolute atomic E-state index is 13.3. The lowest BCUT2D eigenvalue weighted by Gasteiger charge is -2.57. The van der Waals surface area contributed by atoms with Gasteiger partial charge in [0, 0.05) is 30.6 Å². The van der Waals surface area contributed by atoms with Crippen LogP contribution in [0.2, 0.25) is 0 Å². The number of aliphatic carboxylic acids is 1. The zero-order valence-corrected chi connectivity index (χ0v) is 15.9. The summed E-state index contributed by atoms with van der Waals surface area (Å²) in [6.45, 7) is 3.20. The van der Waals surface area contributed by atoms with Crippen molar-refractivity contribution >= 4 is 11.9 Å². The lowest BCUT2D eigenvalue weighted by atomic mass is 9.69. The third kappa shape index (κ3) is 3.75. The number of likely N-dealkylation sites (tertiary alicyclic amines) is 1. The van der Waals surface area contributed by atoms with Crippen molar-refractivity contribution < 1.29 is 14.7 Å². The van der Waals surface area contributed by atoms with Crippen molar-refractivity contribution in [1.29, 1.82) is 0 Å². The van der Waals surface area contributed by atoms with Crippen molar-refractivity contribution in [1.82, 2.24) is 9.80 Å². The standard InChI is InChI=1S/C22H30N2O3/c25-20(26)12-4-11-19-18-10-6-14-23-13-5-9-17(21(18)23)15-24(19)22(27)16-7-2-1-3-8-16/h1-3,7-8,17-19,21H,4-6,9-15H2,(H,25,26)/t17-,18+,19?,21-/m0/s1. The average molecular weight is 370 g/mol. The number of amides is 1. The first-order chi connectivity index (χ1) is 13.1. The highest BCUT2D eigenvalue weighted by atomic mass is 16.4. The molecule has 0 spiro atoms. The predicted molar refractivity (Wildman–Crippen MR) is 104 cm³/mol. The smallest absolute Gasteiger partial charge is 0.303 e. The summed E-state index contributed by atoms with van der Waals surface area (Å²) in [4.78, 5) is 29.1. The van der Waals surface area contributed by atoms with Gasteiger partial charge < -0.3 is 10.0 Å². The Morgan fingerprint density at radius 2 is 1.81 bits per heavy atom. The molecule has 0 aliphatic carbocycles. The molecular weight excluding hydrogens is 340 g/mol. The van der Waals surface area contributed by atoms with Crippen molar-refractivity contribution in [2.24, 2.45) is 11.8 Å². The summed E-state index contributed by atoms with van der Waals surface area (Å²) in [5.41, 5.74) is 0.752. The van der Waals surface area contributed by atoms with E-state index in [4.69, 9.17) is 5.11 Å². The van der Waals surface area contributed by atoms with Gasteiger partial charge in [0.15, 0.2) is 0 Å². The molecule has 3 heterocycles. The Labute approximate surface area is 161 Å². The fourth-order valence-corrected chi connectivity index (χ4v) is 5.81. The minimum atomic E-state index is -0.743. The van der Waals surface area contributed by atoms with Crippen LogP contribution in [0.4, 0.5) is 0 Å². The topological polar surface area (TPSA) is 60.9 Å². The van der Waals surface area contributed by atoms with Crippen molar-refractivity contribution in [2.45, 2.75) is 57.0 Å². The van der Waals surface area contributed by atoms with Gasteiger partial charge in [0.25, 0.3) is 5.91 Å². The monoisotopic (exact) mass is 370 g/mol. The molecule has 5 heteroatoms. The summed E-state index contributed by atoms with van der Waals surface area (Å²) in [5, 5.41) is 9.07. The first-order valence-corrected chi connectivity index (χ1v) is 10.5. The maximum Gasteiger partial charge on any atom is 0.303 e. The number of carbonyl (C=O) groups excluding carboxylic acids is 1. The lowest BCUT2D eigenvalue weighted by Crippen LogP contribution is -2.65. The SMILES string of the molecule is O=C(O)CCCC1[C@H]2CCCN3CCC[C@@H](CN1C(=O)c1ccccc1)[C@@H]23. The van der Waals surface area contributed by atoms with Gasteiger partial charge in [-0.1, -0.05) is 18.2 Å². The molecule has 146 valence electrons. The van der Waals surface area contributed by atoms with Crippen LogP contribution in [0.5, 0.6) is 0 Å². The molecule has 1 aromatic rings. The molecule has 3 fully saturated rings. The van der Waals surface area contributed by atoms with E-state index in [0.717, 1.165) is 24.9 Å². The van der Waals surface area contributed by atoms with Crippen molar-refractivity contribution in [3.63, 3.8) is 0 Å². The Kier molecular flexibility index (Phi) is 5.48. The van der Waals surface area contributed by atoms with Gasteiger partial charge in [0.2, 0.25) is 0 Å². The van der Waals surface area contributed by atoms with Crippen LogP contribution in [0.3, 0.4) is 0 Å². The predicted octanol–water partition coefficient (Wildman–Crippen LogP) is 3.26. The van der Waals surface area contributed by atoms with E-state index in [1.807, 2.05) is 30.3 Å². The van der Waals surface area contributed by atoms with Gasteiger partial charge in [-0.3, -0.25) is 14.5 Å². The highest BCUT2D eigenvalue weighted by Crippen LogP contribution is 2.43. The van der Waals surface area contributed by atoms with E-state index in [0.29, 0.717) is 24.3 Å². The highest BCUT2D eigenvalue weighted by molar-refractivity contribution is 5.94. The minimum Gasteiger partial charge on any atom is -0.481 e. The molecule has 1 N–H and O–H groups in total. The van der Waals surface area contributed by atoms with E-state index in [2.05, 4.69) is 9.80 Å². The number of carboxylic acid groups (broad SMARTS) is 1. The molecular formula is C22H30N2O3. The molecule has 0 saturated carbocycles. The molecule has 4 atom stereocenters. The summed E-state index contributed by atoms with van der Waals surface area (Å²) in [7, 11) is 0. The van der Waals surface area contributed by atoms with Crippen LogP contribution in [-0.2, 0) is 4.79 Å². The van der Waals surface area contributed by atoms with Crippen LogP contribution in [0.15, 0.2) is 30.3 Å². The molecule has 3 saturated heterocycles. The highest BCUT2D eigenvalue weighted by Gasteiger charge is 2.49. The number of hydrogen-bond donors (Lipinski definition) is 1. The summed E-state index contributed by atoms with van der Waals surface area (Å²) in [6.07, 6.45) is 6.42. The van der Waals surface area contributed by atoms with Gasteiger partial charge in [-0.15, -0.1) is 0 Å². The van der Waals surface area contributed by atoms with Gasteiger partial charge >= 0.3 is 5.97 Å². The third-order valence-corrected chi connectivity index (χ3v) is 6.84. The van der Waals surface area contributed by atoms with Gasteiger partial charge in [0.1, 0.15) is 0 Å². The zero-order valence-electron chi connectivity index (χ0n) is 15.9. The molecule has 1 aromatic carbocycles. The summed E-state index contributed by atoms with van der Waals surface area (Å²) >= 11 is 0. The first kappa shape index (κ1) is 18.5. The summed E-state index contributed by atoms with van der Waals surface area (Å²) < 4.78 is 0. The van der Waals surface area contributed by atoms with Crippen molar-refractivity contribution in [3.05, 3.63) is 35.9 Å². The van der Waals surface area contributed by atoms with E-state index in [1.165, 1.54) is 32.4 Å². The molecule has 0 bridgehead atoms. The Morgan fingerprint density at radius 3 is 2.56 bits per heavy atom. The van der Waals surface area contributed by atoms with Gasteiger partial charge in [-0.05, 0) is 75.6 Å². The van der Waals surface area contributed by atoms with E-state index < -0.39 is 5.97 Å². The number of carbonyl (C=O) groups is 2. The quantitative estimate of drug-likeness (QED) is 0.864. The second kappa shape index (κ2) is 8.01. The number of rotatable bonds is 5. The van der Waals surface area contributed by atoms with Crippen molar-refractivity contribution in [2.75, 3.05) is 19.6 Å². The van der Waals surface area contributed by atoms with Gasteiger partial charge in [-0.2, -0.15) is 0 Å². The van der Waals surface area contributed by atoms with Crippen LogP contribution in [0.25, 0.3) is 0 Å². The second-order valence-corrected chi connectivity index (χ2v) is 8.41. The fourth-order valence-electron chi connectivity index (χ4n) is 5.81. The van der Waals surface area contributed by atoms with Crippen LogP contribution >= 0.6 is 0 Å². The number of nitrogens with zero attached hydrogens (tertiary/aromatic N) is 2. The second-order valence-electron chi connectivity index (χ2n) is 8.41. The molecule has 27 heavy (non-hydrogen) atoms. The fraction of sp³-hybridized carbons (Fsp3) is 0.636. The molecule has 3 aliphatic rings. The van der Waals surface area contributed by atoms with E-state index in [9.17, 15) is 9.59 Å². The number of piperidine rings is 3. The van der Waals surface area contributed by atoms with Crippen molar-refractivity contribution in [3.8, 4) is 0 Å². The number of benzene rings is 1. The van der Waals surface area contributed by atoms with Crippen LogP contribution in [0.1, 0.15) is 55.3 Å². The number of carboxylic acids is 1. The Morgan fingerprint density at radius 1 is 1.07 bits per heavy atom. The molecule has 1 amide bonds. The van der Waals surface area contributed by atoms with Gasteiger partial charge in [-0.25, -0.2) is 0 Å². The van der Waals surface area contributed by atoms with Crippen LogP contribution < -0.4 is 0 Å². The summed E-state index contributed by atoms with van der Waals surface area (Å²) in [5.74, 6) is 0.427. The largest absolute Gasteiger partial charge is 0.481 e. The van der Waals surface area contributed by atoms with E-state index in [1.54, 1.807) is 0 Å². The zero-order chi connectivity index (χ0) is 18.8. The van der Waals surface area contributed by atoms with E-state index >= 15 is 0 Å². The normalized spacial score (nSPS) is 30.6.